The molecular weight excluding hydrogens is 450 g/mol. The highest BCUT2D eigenvalue weighted by Gasteiger charge is 2.22. The number of nitrogens with one attached hydrogen (secondary N) is 1. The lowest BCUT2D eigenvalue weighted by molar-refractivity contribution is -0.119. The summed E-state index contributed by atoms with van der Waals surface area (Å²) in [5, 5.41) is 6.63. The average Bonchev–Trinajstić information content (AvgIpc) is 3.17. The van der Waals surface area contributed by atoms with Crippen molar-refractivity contribution in [3.63, 3.8) is 0 Å². The van der Waals surface area contributed by atoms with Crippen LogP contribution >= 0.6 is 11.6 Å². The molecule has 0 radical (unpaired) electrons. The van der Waals surface area contributed by atoms with E-state index in [2.05, 4.69) is 22.7 Å². The van der Waals surface area contributed by atoms with E-state index in [-0.39, 0.29) is 10.7 Å². The van der Waals surface area contributed by atoms with Crippen molar-refractivity contribution in [1.82, 2.24) is 5.43 Å². The van der Waals surface area contributed by atoms with Gasteiger partial charge in [-0.1, -0.05) is 41.9 Å². The molecule has 1 amide bonds. The second kappa shape index (κ2) is 8.80. The van der Waals surface area contributed by atoms with Gasteiger partial charge in [-0.2, -0.15) is 5.10 Å². The summed E-state index contributed by atoms with van der Waals surface area (Å²) in [6.45, 7) is -0.442. The lowest BCUT2D eigenvalue weighted by atomic mass is 10.0. The number of hydrazone groups is 1. The minimum absolute atomic E-state index is 0.240. The average molecular weight is 472 g/mol. The molecule has 1 N–H and O–H groups in total. The van der Waals surface area contributed by atoms with Crippen LogP contribution < -0.4 is 14.5 Å². The van der Waals surface area contributed by atoms with Gasteiger partial charge in [0, 0.05) is 5.56 Å². The van der Waals surface area contributed by atoms with E-state index < -0.39 is 22.5 Å². The number of sulfonamides is 1. The number of halogens is 1. The second-order valence-corrected chi connectivity index (χ2v) is 9.85. The fourth-order valence-electron chi connectivity index (χ4n) is 3.93. The van der Waals surface area contributed by atoms with E-state index in [1.54, 1.807) is 12.3 Å². The number of carbonyl (C=O) groups is 1. The molecule has 0 heterocycles. The molecule has 166 valence electrons. The van der Waals surface area contributed by atoms with Crippen LogP contribution in [0, 0.1) is 0 Å². The van der Waals surface area contributed by atoms with Gasteiger partial charge in [-0.05, 0) is 52.9 Å². The molecule has 4 rings (SSSR count). The van der Waals surface area contributed by atoms with E-state index in [0.717, 1.165) is 34.4 Å². The van der Waals surface area contributed by atoms with Gasteiger partial charge >= 0.3 is 0 Å². The van der Waals surface area contributed by atoms with Crippen LogP contribution in [-0.2, 0) is 27.7 Å². The topological polar surface area (TPSA) is 88.1 Å². The van der Waals surface area contributed by atoms with Gasteiger partial charge in [0.05, 0.1) is 30.3 Å². The molecule has 0 unspecified atom stereocenters. The number of rotatable bonds is 7. The number of aryl methyl sites for hydroxylation is 2. The minimum Gasteiger partial charge on any atom is -0.495 e. The van der Waals surface area contributed by atoms with Gasteiger partial charge in [-0.15, -0.1) is 0 Å². The lowest BCUT2D eigenvalue weighted by Gasteiger charge is -2.22. The van der Waals surface area contributed by atoms with Gasteiger partial charge in [-0.3, -0.25) is 9.10 Å². The van der Waals surface area contributed by atoms with E-state index in [1.807, 2.05) is 18.2 Å². The predicted molar refractivity (Wildman–Crippen MR) is 127 cm³/mol. The van der Waals surface area contributed by atoms with Crippen molar-refractivity contribution in [3.05, 3.63) is 70.2 Å². The zero-order chi connectivity index (χ0) is 22.9. The smallest absolute Gasteiger partial charge is 0.260 e. The number of amides is 1. The molecule has 0 atom stereocenters. The van der Waals surface area contributed by atoms with E-state index in [1.165, 1.54) is 35.8 Å². The van der Waals surface area contributed by atoms with Gasteiger partial charge < -0.3 is 4.74 Å². The third-order valence-electron chi connectivity index (χ3n) is 5.41. The number of hydrogen-bond acceptors (Lipinski definition) is 5. The maximum absolute atomic E-state index is 12.5. The molecule has 0 aromatic heterocycles. The van der Waals surface area contributed by atoms with Crippen LogP contribution in [0.15, 0.2) is 53.6 Å². The van der Waals surface area contributed by atoms with Gasteiger partial charge in [0.1, 0.15) is 12.3 Å². The minimum atomic E-state index is -3.74. The van der Waals surface area contributed by atoms with Gasteiger partial charge in [0.25, 0.3) is 5.91 Å². The summed E-state index contributed by atoms with van der Waals surface area (Å²) in [7, 11) is -2.28. The highest BCUT2D eigenvalue weighted by molar-refractivity contribution is 7.92. The zero-order valence-corrected chi connectivity index (χ0v) is 19.2. The summed E-state index contributed by atoms with van der Waals surface area (Å²) < 4.78 is 30.6. The Labute approximate surface area is 191 Å². The number of nitrogens with zero attached hydrogens (tertiary/aromatic N) is 2. The number of methoxy groups -OCH3 is 1. The van der Waals surface area contributed by atoms with Crippen LogP contribution in [-0.4, -0.2) is 40.4 Å². The molecule has 0 aliphatic heterocycles. The van der Waals surface area contributed by atoms with Crippen molar-refractivity contribution in [2.75, 3.05) is 24.2 Å². The standard InChI is InChI=1S/C23H22ClN3O4S/c1-31-21-11-10-18(12-20(21)24)27(32(2,29)30)14-22(28)26-25-13-17-9-8-16-7-6-15-4-3-5-19(17)23(15)16/h3-5,8-13H,6-7,14H2,1-2H3,(H,26,28)/b25-13-. The van der Waals surface area contributed by atoms with E-state index >= 15 is 0 Å². The summed E-state index contributed by atoms with van der Waals surface area (Å²) in [6.07, 6.45) is 4.66. The molecule has 32 heavy (non-hydrogen) atoms. The van der Waals surface area contributed by atoms with Crippen LogP contribution in [0.25, 0.3) is 10.8 Å². The maximum Gasteiger partial charge on any atom is 0.260 e. The van der Waals surface area contributed by atoms with Gasteiger partial charge in [0.15, 0.2) is 0 Å². The number of hydrogen-bond donors (Lipinski definition) is 1. The highest BCUT2D eigenvalue weighted by Crippen LogP contribution is 2.32. The van der Waals surface area contributed by atoms with Crippen molar-refractivity contribution in [2.24, 2.45) is 5.10 Å². The summed E-state index contributed by atoms with van der Waals surface area (Å²) in [6, 6.07) is 14.8. The van der Waals surface area contributed by atoms with E-state index in [0.29, 0.717) is 5.75 Å². The molecule has 3 aromatic carbocycles. The van der Waals surface area contributed by atoms with Crippen LogP contribution in [0.4, 0.5) is 5.69 Å². The Kier molecular flexibility index (Phi) is 6.08. The molecule has 3 aromatic rings. The fraction of sp³-hybridized carbons (Fsp3) is 0.217. The second-order valence-electron chi connectivity index (χ2n) is 7.54. The maximum atomic E-state index is 12.5. The molecule has 9 heteroatoms. The molecule has 7 nitrogen and oxygen atoms in total. The van der Waals surface area contributed by atoms with Crippen molar-refractivity contribution in [1.29, 1.82) is 0 Å². The highest BCUT2D eigenvalue weighted by atomic mass is 35.5. The number of ether oxygens (including phenoxy) is 1. The first kappa shape index (κ1) is 22.1. The third-order valence-corrected chi connectivity index (χ3v) is 6.85. The molecule has 0 bridgehead atoms. The van der Waals surface area contributed by atoms with Crippen molar-refractivity contribution in [3.8, 4) is 5.75 Å². The number of benzene rings is 3. The Balaban J connectivity index is 1.51. The monoisotopic (exact) mass is 471 g/mol. The Morgan fingerprint density at radius 1 is 1.19 bits per heavy atom. The normalized spacial score (nSPS) is 13.0. The first-order valence-electron chi connectivity index (χ1n) is 9.94. The van der Waals surface area contributed by atoms with Crippen molar-refractivity contribution < 1.29 is 17.9 Å². The van der Waals surface area contributed by atoms with Crippen LogP contribution in [0.5, 0.6) is 5.75 Å². The SMILES string of the molecule is COc1ccc(N(CC(=O)N/N=C\c2ccc3c4c(cccc24)CC3)S(C)(=O)=O)cc1Cl. The van der Waals surface area contributed by atoms with Crippen molar-refractivity contribution in [2.45, 2.75) is 12.8 Å². The summed E-state index contributed by atoms with van der Waals surface area (Å²) >= 11 is 6.12. The number of carbonyl (C=O) groups excluding carboxylic acids is 1. The predicted octanol–water partition coefficient (Wildman–Crippen LogP) is 3.52. The molecule has 1 aliphatic carbocycles. The lowest BCUT2D eigenvalue weighted by Crippen LogP contribution is -2.39. The molecule has 0 fully saturated rings. The summed E-state index contributed by atoms with van der Waals surface area (Å²) in [5.41, 5.74) is 6.19. The van der Waals surface area contributed by atoms with Gasteiger partial charge in [0.2, 0.25) is 10.0 Å². The Hall–Kier alpha value is -3.10. The van der Waals surface area contributed by atoms with Crippen LogP contribution in [0.3, 0.4) is 0 Å². The Morgan fingerprint density at radius 2 is 1.94 bits per heavy atom. The quantitative estimate of drug-likeness (QED) is 0.422. The third kappa shape index (κ3) is 4.42. The van der Waals surface area contributed by atoms with E-state index in [9.17, 15) is 13.2 Å². The number of anilines is 1. The Bertz CT molecular complexity index is 1330. The summed E-state index contributed by atoms with van der Waals surface area (Å²) in [4.78, 5) is 12.5. The largest absolute Gasteiger partial charge is 0.495 e. The molecule has 0 saturated heterocycles. The van der Waals surface area contributed by atoms with Crippen LogP contribution in [0.1, 0.15) is 16.7 Å². The molecular formula is C23H22ClN3O4S. The van der Waals surface area contributed by atoms with E-state index in [4.69, 9.17) is 16.3 Å². The molecule has 1 aliphatic rings. The Morgan fingerprint density at radius 3 is 2.62 bits per heavy atom. The fourth-order valence-corrected chi connectivity index (χ4v) is 5.03. The first-order valence-corrected chi connectivity index (χ1v) is 12.2. The van der Waals surface area contributed by atoms with Gasteiger partial charge in [-0.25, -0.2) is 13.8 Å². The molecule has 0 spiro atoms. The zero-order valence-electron chi connectivity index (χ0n) is 17.6. The first-order chi connectivity index (χ1) is 15.3. The van der Waals surface area contributed by atoms with Crippen molar-refractivity contribution >= 4 is 50.2 Å². The molecule has 0 saturated carbocycles. The van der Waals surface area contributed by atoms with Crippen LogP contribution in [0.2, 0.25) is 5.02 Å². The summed E-state index contributed by atoms with van der Waals surface area (Å²) in [5.74, 6) is -0.173.